The third kappa shape index (κ3) is 7.87. The van der Waals surface area contributed by atoms with E-state index in [0.717, 1.165) is 12.2 Å². The molecule has 0 aliphatic rings. The Morgan fingerprint density at radius 2 is 1.94 bits per heavy atom. The van der Waals surface area contributed by atoms with Gasteiger partial charge >= 0.3 is 12.0 Å². The summed E-state index contributed by atoms with van der Waals surface area (Å²) in [5, 5.41) is 22.4. The van der Waals surface area contributed by atoms with Gasteiger partial charge in [-0.3, -0.25) is 0 Å². The highest BCUT2D eigenvalue weighted by molar-refractivity contribution is 7.98. The van der Waals surface area contributed by atoms with Crippen LogP contribution in [0.1, 0.15) is 19.8 Å². The van der Waals surface area contributed by atoms with E-state index in [1.165, 1.54) is 0 Å². The molecule has 0 aliphatic heterocycles. The van der Waals surface area contributed by atoms with Crippen LogP contribution >= 0.6 is 11.8 Å². The smallest absolute Gasteiger partial charge is 0.326 e. The van der Waals surface area contributed by atoms with E-state index < -0.39 is 18.0 Å². The zero-order chi connectivity index (χ0) is 13.3. The Hall–Kier alpha value is -0.950. The quantitative estimate of drug-likeness (QED) is 0.504. The van der Waals surface area contributed by atoms with Crippen molar-refractivity contribution in [1.82, 2.24) is 10.6 Å². The van der Waals surface area contributed by atoms with E-state index in [1.54, 1.807) is 11.8 Å². The molecule has 0 aliphatic carbocycles. The number of urea groups is 1. The number of aliphatic carboxylic acids is 1. The minimum Gasteiger partial charge on any atom is -0.480 e. The highest BCUT2D eigenvalue weighted by atomic mass is 32.2. The minimum absolute atomic E-state index is 0.00193. The summed E-state index contributed by atoms with van der Waals surface area (Å²) >= 11 is 1.69. The lowest BCUT2D eigenvalue weighted by atomic mass is 10.2. The number of hydrogen-bond acceptors (Lipinski definition) is 4. The molecule has 0 radical (unpaired) electrons. The van der Waals surface area contributed by atoms with Crippen molar-refractivity contribution in [3.63, 3.8) is 0 Å². The molecule has 0 saturated carbocycles. The molecule has 0 bridgehead atoms. The van der Waals surface area contributed by atoms with Crippen molar-refractivity contribution >= 4 is 23.8 Å². The zero-order valence-corrected chi connectivity index (χ0v) is 10.9. The lowest BCUT2D eigenvalue weighted by Gasteiger charge is -2.17. The predicted molar refractivity (Wildman–Crippen MR) is 67.3 cm³/mol. The van der Waals surface area contributed by atoms with Gasteiger partial charge in [0.15, 0.2) is 0 Å². The topological polar surface area (TPSA) is 98.7 Å². The number of nitrogens with one attached hydrogen (secondary N) is 2. The van der Waals surface area contributed by atoms with E-state index in [0.29, 0.717) is 0 Å². The summed E-state index contributed by atoms with van der Waals surface area (Å²) in [6.45, 7) is 1.58. The van der Waals surface area contributed by atoms with Gasteiger partial charge in [0.2, 0.25) is 0 Å². The molecule has 0 rings (SSSR count). The second kappa shape index (κ2) is 9.12. The third-order valence-electron chi connectivity index (χ3n) is 2.15. The Morgan fingerprint density at radius 3 is 2.41 bits per heavy atom. The van der Waals surface area contributed by atoms with Crippen molar-refractivity contribution in [2.45, 2.75) is 31.8 Å². The van der Waals surface area contributed by atoms with Crippen LogP contribution in [0, 0.1) is 0 Å². The second-order valence-electron chi connectivity index (χ2n) is 3.70. The number of carboxylic acids is 1. The van der Waals surface area contributed by atoms with Crippen LogP contribution in [0.2, 0.25) is 0 Å². The first-order valence-electron chi connectivity index (χ1n) is 5.40. The van der Waals surface area contributed by atoms with Gasteiger partial charge in [-0.05, 0) is 25.4 Å². The van der Waals surface area contributed by atoms with Crippen molar-refractivity contribution in [2.24, 2.45) is 0 Å². The van der Waals surface area contributed by atoms with Gasteiger partial charge in [0.25, 0.3) is 0 Å². The number of amides is 2. The van der Waals surface area contributed by atoms with Crippen LogP contribution in [-0.4, -0.2) is 52.9 Å². The van der Waals surface area contributed by atoms with Crippen molar-refractivity contribution in [3.8, 4) is 0 Å². The number of aliphatic hydroxyl groups is 1. The van der Waals surface area contributed by atoms with Gasteiger partial charge in [-0.25, -0.2) is 9.59 Å². The lowest BCUT2D eigenvalue weighted by molar-refractivity contribution is -0.139. The number of hydrogen-bond donors (Lipinski definition) is 4. The monoisotopic (exact) mass is 264 g/mol. The number of carbonyl (C=O) groups excluding carboxylic acids is 1. The molecule has 17 heavy (non-hydrogen) atoms. The summed E-state index contributed by atoms with van der Waals surface area (Å²) in [4.78, 5) is 22.2. The van der Waals surface area contributed by atoms with Crippen molar-refractivity contribution in [1.29, 1.82) is 0 Å². The largest absolute Gasteiger partial charge is 0.480 e. The van der Waals surface area contributed by atoms with Gasteiger partial charge in [-0.15, -0.1) is 0 Å². The zero-order valence-electron chi connectivity index (χ0n) is 10.1. The Labute approximate surface area is 105 Å². The number of carboxylic acid groups (broad SMARTS) is 1. The molecule has 6 nitrogen and oxygen atoms in total. The van der Waals surface area contributed by atoms with E-state index in [2.05, 4.69) is 10.6 Å². The molecule has 100 valence electrons. The fourth-order valence-electron chi connectivity index (χ4n) is 1.18. The van der Waals surface area contributed by atoms with Crippen molar-refractivity contribution in [2.75, 3.05) is 18.6 Å². The first-order valence-corrected chi connectivity index (χ1v) is 6.80. The van der Waals surface area contributed by atoms with Gasteiger partial charge in [0.05, 0.1) is 0 Å². The molecule has 4 N–H and O–H groups in total. The molecule has 2 atom stereocenters. The van der Waals surface area contributed by atoms with Crippen LogP contribution in [0.5, 0.6) is 0 Å². The summed E-state index contributed by atoms with van der Waals surface area (Å²) < 4.78 is 0. The molecule has 0 heterocycles. The molecule has 2 amide bonds. The molecule has 0 saturated heterocycles. The van der Waals surface area contributed by atoms with Crippen LogP contribution in [0.4, 0.5) is 4.79 Å². The summed E-state index contributed by atoms with van der Waals surface area (Å²) in [6, 6.07) is -1.57. The van der Waals surface area contributed by atoms with E-state index in [9.17, 15) is 9.59 Å². The molecule has 0 fully saturated rings. The van der Waals surface area contributed by atoms with Crippen LogP contribution in [0.25, 0.3) is 0 Å². The second-order valence-corrected chi connectivity index (χ2v) is 4.69. The first-order chi connectivity index (χ1) is 8.01. The molecule has 0 spiro atoms. The highest BCUT2D eigenvalue weighted by Crippen LogP contribution is 1.99. The lowest BCUT2D eigenvalue weighted by Crippen LogP contribution is -2.48. The Balaban J connectivity index is 4.00. The average Bonchev–Trinajstić information content (AvgIpc) is 2.25. The maximum atomic E-state index is 11.4. The molecular weight excluding hydrogens is 244 g/mol. The molecule has 0 aromatic heterocycles. The van der Waals surface area contributed by atoms with Crippen LogP contribution < -0.4 is 10.6 Å². The Morgan fingerprint density at radius 1 is 1.29 bits per heavy atom. The van der Waals surface area contributed by atoms with Gasteiger partial charge < -0.3 is 20.8 Å². The number of rotatable bonds is 8. The number of aliphatic hydroxyl groups excluding tert-OH is 1. The van der Waals surface area contributed by atoms with E-state index >= 15 is 0 Å². The number of thioether (sulfide) groups is 1. The summed E-state index contributed by atoms with van der Waals surface area (Å²) in [5.74, 6) is -0.216. The minimum atomic E-state index is -1.15. The molecule has 7 heteroatoms. The first kappa shape index (κ1) is 16.1. The van der Waals surface area contributed by atoms with Crippen LogP contribution in [-0.2, 0) is 4.79 Å². The van der Waals surface area contributed by atoms with E-state index in [-0.39, 0.29) is 19.1 Å². The average molecular weight is 264 g/mol. The Kier molecular flexibility index (Phi) is 8.61. The Bertz CT molecular complexity index is 250. The molecular formula is C10H20N2O4S. The highest BCUT2D eigenvalue weighted by Gasteiger charge is 2.19. The predicted octanol–water partition coefficient (Wildman–Crippen LogP) is 0.263. The molecule has 1 unspecified atom stereocenters. The van der Waals surface area contributed by atoms with Gasteiger partial charge in [-0.1, -0.05) is 0 Å². The maximum absolute atomic E-state index is 11.4. The van der Waals surface area contributed by atoms with Crippen LogP contribution in [0.3, 0.4) is 0 Å². The maximum Gasteiger partial charge on any atom is 0.326 e. The van der Waals surface area contributed by atoms with Crippen molar-refractivity contribution < 1.29 is 19.8 Å². The standard InChI is InChI=1S/C10H20N2O4S/c1-7(4-6-17-2)11-10(16)12-8(3-5-13)9(14)15/h7-8,13H,3-6H2,1-2H3,(H,14,15)(H2,11,12,16)/t7?,8-/m1/s1. The third-order valence-corrected chi connectivity index (χ3v) is 2.80. The van der Waals surface area contributed by atoms with Crippen LogP contribution in [0.15, 0.2) is 0 Å². The molecule has 0 aromatic carbocycles. The fourth-order valence-corrected chi connectivity index (χ4v) is 1.77. The van der Waals surface area contributed by atoms with Gasteiger partial charge in [-0.2, -0.15) is 11.8 Å². The molecule has 0 aromatic rings. The summed E-state index contributed by atoms with van der Waals surface area (Å²) in [6.07, 6.45) is 2.81. The SMILES string of the molecule is CSCCC(C)NC(=O)N[C@H](CCO)C(=O)O. The normalized spacial score (nSPS) is 13.8. The van der Waals surface area contributed by atoms with Gasteiger partial charge in [0.1, 0.15) is 6.04 Å². The number of carbonyl (C=O) groups is 2. The summed E-state index contributed by atoms with van der Waals surface area (Å²) in [7, 11) is 0. The summed E-state index contributed by atoms with van der Waals surface area (Å²) in [5.41, 5.74) is 0. The van der Waals surface area contributed by atoms with Gasteiger partial charge in [0, 0.05) is 19.1 Å². The van der Waals surface area contributed by atoms with Crippen molar-refractivity contribution in [3.05, 3.63) is 0 Å². The van der Waals surface area contributed by atoms with E-state index in [4.69, 9.17) is 10.2 Å². The van der Waals surface area contributed by atoms with E-state index in [1.807, 2.05) is 13.2 Å². The fraction of sp³-hybridized carbons (Fsp3) is 0.800.